The number of aromatic carboxylic acids is 1. The second kappa shape index (κ2) is 14.1. The van der Waals surface area contributed by atoms with E-state index in [1.54, 1.807) is 21.9 Å². The van der Waals surface area contributed by atoms with Crippen LogP contribution in [0.3, 0.4) is 0 Å². The number of nitrogens with one attached hydrogen (secondary N) is 2. The Morgan fingerprint density at radius 1 is 1.02 bits per heavy atom. The van der Waals surface area contributed by atoms with Gasteiger partial charge in [-0.05, 0) is 74.0 Å². The number of carbonyl (C=O) groups excluding carboxylic acids is 3. The molecule has 0 saturated carbocycles. The van der Waals surface area contributed by atoms with E-state index in [9.17, 15) is 29.4 Å². The normalized spacial score (nSPS) is 17.6. The van der Waals surface area contributed by atoms with Gasteiger partial charge in [-0.3, -0.25) is 4.79 Å². The number of aromatic hydroxyl groups is 1. The van der Waals surface area contributed by atoms with Crippen molar-refractivity contribution in [1.29, 1.82) is 0 Å². The van der Waals surface area contributed by atoms with E-state index in [2.05, 4.69) is 47.5 Å². The number of fused-ring (bicyclic) bond motifs is 1. The number of anilines is 2. The van der Waals surface area contributed by atoms with Crippen LogP contribution in [-0.4, -0.2) is 105 Å². The van der Waals surface area contributed by atoms with E-state index in [1.807, 2.05) is 34.1 Å². The number of carbonyl (C=O) groups is 4. The van der Waals surface area contributed by atoms with E-state index in [0.717, 1.165) is 16.8 Å². The molecule has 4 N–H and O–H groups in total. The van der Waals surface area contributed by atoms with Gasteiger partial charge in [0.2, 0.25) is 5.91 Å². The fourth-order valence-corrected chi connectivity index (χ4v) is 8.29. The molecule has 3 aliphatic rings. The predicted octanol–water partition coefficient (Wildman–Crippen LogP) is 4.55. The maximum atomic E-state index is 13.9. The van der Waals surface area contributed by atoms with E-state index in [-0.39, 0.29) is 41.9 Å². The molecule has 2 aromatic carbocycles. The van der Waals surface area contributed by atoms with Gasteiger partial charge in [0.15, 0.2) is 10.8 Å². The first-order valence-corrected chi connectivity index (χ1v) is 17.6. The summed E-state index contributed by atoms with van der Waals surface area (Å²) in [6.45, 7) is 3.08. The SMILES string of the molecule is O=C(O)c1csc(N2CCN(C(=O)[C@@H](Cc3cc(Br)c(O)c(Br)c3)NC(=O)N3CCC(N4Cc5ccccc5NC4=O)CC3)CC2)n1. The minimum atomic E-state index is -1.08. The Balaban J connectivity index is 1.11. The van der Waals surface area contributed by atoms with E-state index >= 15 is 0 Å². The second-order valence-corrected chi connectivity index (χ2v) is 14.2. The number of para-hydroxylation sites is 1. The zero-order chi connectivity index (χ0) is 33.2. The summed E-state index contributed by atoms with van der Waals surface area (Å²) in [6, 6.07) is 9.80. The van der Waals surface area contributed by atoms with Crippen molar-refractivity contribution in [2.75, 3.05) is 49.5 Å². The van der Waals surface area contributed by atoms with Crippen LogP contribution in [0.15, 0.2) is 50.7 Å². The number of benzene rings is 2. The van der Waals surface area contributed by atoms with Crippen molar-refractivity contribution in [1.82, 2.24) is 25.0 Å². The van der Waals surface area contributed by atoms with E-state index in [1.165, 1.54) is 16.7 Å². The average Bonchev–Trinajstić information content (AvgIpc) is 3.57. The molecule has 16 heteroatoms. The largest absolute Gasteiger partial charge is 0.506 e. The van der Waals surface area contributed by atoms with Crippen molar-refractivity contribution in [3.8, 4) is 5.75 Å². The Bertz CT molecular complexity index is 1670. The molecular formula is C31H33Br2N7O6S. The molecule has 3 aliphatic heterocycles. The zero-order valence-electron chi connectivity index (χ0n) is 25.2. The molecule has 5 amide bonds. The number of halogens is 2. The first-order chi connectivity index (χ1) is 22.6. The standard InChI is InChI=1S/C31H33Br2N7O6S/c32-21-13-18(14-22(33)26(21)41)15-24(27(42)37-9-11-39(12-10-37)31-36-25(17-47-31)28(43)44)35-29(45)38-7-5-20(6-8-38)40-16-19-3-1-2-4-23(19)34-30(40)46/h1-4,13-14,17,20,24,41H,5-12,15-16H2,(H,34,46)(H,35,45)(H,43,44)/t24-/m1/s1. The molecule has 13 nitrogen and oxygen atoms in total. The molecule has 248 valence electrons. The van der Waals surface area contributed by atoms with Gasteiger partial charge in [0, 0.05) is 69.3 Å². The fourth-order valence-electron chi connectivity index (χ4n) is 6.16. The number of rotatable bonds is 7. The molecule has 4 heterocycles. The van der Waals surface area contributed by atoms with Gasteiger partial charge in [-0.1, -0.05) is 18.2 Å². The van der Waals surface area contributed by atoms with E-state index < -0.39 is 12.0 Å². The fraction of sp³-hybridized carbons (Fsp3) is 0.387. The summed E-state index contributed by atoms with van der Waals surface area (Å²) >= 11 is 7.96. The van der Waals surface area contributed by atoms with Crippen molar-refractivity contribution >= 4 is 78.0 Å². The maximum Gasteiger partial charge on any atom is 0.355 e. The molecule has 0 radical (unpaired) electrons. The zero-order valence-corrected chi connectivity index (χ0v) is 29.2. The number of aromatic nitrogens is 1. The topological polar surface area (TPSA) is 159 Å². The van der Waals surface area contributed by atoms with Gasteiger partial charge in [-0.25, -0.2) is 19.4 Å². The molecule has 0 bridgehead atoms. The molecule has 6 rings (SSSR count). The van der Waals surface area contributed by atoms with E-state index in [4.69, 9.17) is 0 Å². The number of piperidine rings is 1. The molecule has 3 aromatic rings. The molecule has 2 fully saturated rings. The summed E-state index contributed by atoms with van der Waals surface area (Å²) in [7, 11) is 0. The first kappa shape index (κ1) is 33.0. The van der Waals surface area contributed by atoms with Crippen LogP contribution in [0.1, 0.15) is 34.5 Å². The number of piperazine rings is 1. The van der Waals surface area contributed by atoms with Crippen molar-refractivity contribution in [3.63, 3.8) is 0 Å². The van der Waals surface area contributed by atoms with Crippen molar-refractivity contribution in [3.05, 3.63) is 67.5 Å². The van der Waals surface area contributed by atoms with Gasteiger partial charge in [0.1, 0.15) is 11.8 Å². The number of phenols is 1. The molecular weight excluding hydrogens is 758 g/mol. The quantitative estimate of drug-likeness (QED) is 0.272. The van der Waals surface area contributed by atoms with Crippen LogP contribution in [0, 0.1) is 0 Å². The maximum absolute atomic E-state index is 13.9. The Labute approximate surface area is 291 Å². The highest BCUT2D eigenvalue weighted by Crippen LogP contribution is 2.34. The van der Waals surface area contributed by atoms with Crippen LogP contribution in [0.4, 0.5) is 20.4 Å². The van der Waals surface area contributed by atoms with Crippen LogP contribution in [-0.2, 0) is 17.8 Å². The lowest BCUT2D eigenvalue weighted by atomic mass is 10.0. The van der Waals surface area contributed by atoms with Gasteiger partial charge in [-0.2, -0.15) is 0 Å². The first-order valence-electron chi connectivity index (χ1n) is 15.2. The minimum Gasteiger partial charge on any atom is -0.506 e. The number of carboxylic acid groups (broad SMARTS) is 1. The van der Waals surface area contributed by atoms with Gasteiger partial charge in [0.25, 0.3) is 0 Å². The van der Waals surface area contributed by atoms with Crippen LogP contribution >= 0.6 is 43.2 Å². The summed E-state index contributed by atoms with van der Waals surface area (Å²) in [6.07, 6.45) is 1.42. The Kier molecular flexibility index (Phi) is 9.89. The van der Waals surface area contributed by atoms with Crippen molar-refractivity contribution < 1.29 is 29.4 Å². The number of amides is 5. The summed E-state index contributed by atoms with van der Waals surface area (Å²) in [5.41, 5.74) is 2.61. The average molecular weight is 792 g/mol. The number of hydrogen-bond donors (Lipinski definition) is 4. The lowest BCUT2D eigenvalue weighted by Crippen LogP contribution is -2.58. The monoisotopic (exact) mass is 789 g/mol. The number of thiazole rings is 1. The van der Waals surface area contributed by atoms with Gasteiger partial charge in [0.05, 0.1) is 8.95 Å². The molecule has 0 unspecified atom stereocenters. The molecule has 2 saturated heterocycles. The number of hydrogen-bond acceptors (Lipinski definition) is 8. The van der Waals surface area contributed by atoms with Crippen molar-refractivity contribution in [2.45, 2.75) is 37.9 Å². The van der Waals surface area contributed by atoms with Crippen LogP contribution in [0.5, 0.6) is 5.75 Å². The lowest BCUT2D eigenvalue weighted by Gasteiger charge is -2.41. The highest BCUT2D eigenvalue weighted by Gasteiger charge is 2.35. The second-order valence-electron chi connectivity index (χ2n) is 11.7. The molecule has 47 heavy (non-hydrogen) atoms. The smallest absolute Gasteiger partial charge is 0.355 e. The third-order valence-corrected chi connectivity index (χ3v) is 10.8. The summed E-state index contributed by atoms with van der Waals surface area (Å²) < 4.78 is 0.923. The summed E-state index contributed by atoms with van der Waals surface area (Å²) in [4.78, 5) is 63.0. The number of nitrogens with zero attached hydrogens (tertiary/aromatic N) is 5. The van der Waals surface area contributed by atoms with Crippen molar-refractivity contribution in [2.24, 2.45) is 0 Å². The lowest BCUT2D eigenvalue weighted by molar-refractivity contribution is -0.133. The van der Waals surface area contributed by atoms with Crippen LogP contribution < -0.4 is 15.5 Å². The van der Waals surface area contributed by atoms with E-state index in [0.29, 0.717) is 72.7 Å². The number of urea groups is 2. The number of carboxylic acids is 1. The molecule has 1 aromatic heterocycles. The summed E-state index contributed by atoms with van der Waals surface area (Å²) in [5, 5.41) is 27.5. The van der Waals surface area contributed by atoms with Crippen LogP contribution in [0.25, 0.3) is 0 Å². The van der Waals surface area contributed by atoms with Crippen LogP contribution in [0.2, 0.25) is 0 Å². The predicted molar refractivity (Wildman–Crippen MR) is 183 cm³/mol. The Morgan fingerprint density at radius 3 is 2.36 bits per heavy atom. The Hall–Kier alpha value is -3.89. The number of phenolic OH excluding ortho intramolecular Hbond substituents is 1. The Morgan fingerprint density at radius 2 is 1.70 bits per heavy atom. The molecule has 1 atom stereocenters. The van der Waals surface area contributed by atoms with Gasteiger partial charge in [-0.15, -0.1) is 11.3 Å². The number of likely N-dealkylation sites (tertiary alicyclic amines) is 1. The minimum absolute atomic E-state index is 0.00828. The summed E-state index contributed by atoms with van der Waals surface area (Å²) in [5.74, 6) is -1.28. The highest BCUT2D eigenvalue weighted by molar-refractivity contribution is 9.11. The van der Waals surface area contributed by atoms with Gasteiger partial charge >= 0.3 is 18.0 Å². The molecule has 0 aliphatic carbocycles. The third-order valence-electron chi connectivity index (χ3n) is 8.74. The third kappa shape index (κ3) is 7.33. The highest BCUT2D eigenvalue weighted by atomic mass is 79.9. The molecule has 0 spiro atoms. The van der Waals surface area contributed by atoms with Gasteiger partial charge < -0.3 is 40.4 Å².